The molecular weight excluding hydrogens is 343 g/mol. The van der Waals surface area contributed by atoms with Crippen LogP contribution in [0.5, 0.6) is 5.75 Å². The van der Waals surface area contributed by atoms with Gasteiger partial charge in [0.2, 0.25) is 0 Å². The first-order valence-electron chi connectivity index (χ1n) is 8.64. The van der Waals surface area contributed by atoms with Gasteiger partial charge in [0.1, 0.15) is 5.75 Å². The van der Waals surface area contributed by atoms with Crippen molar-refractivity contribution in [3.05, 3.63) is 65.2 Å². The Morgan fingerprint density at radius 3 is 2.58 bits per heavy atom. The molecular formula is C20H20F3NO2. The summed E-state index contributed by atoms with van der Waals surface area (Å²) in [6.45, 7) is 0.526. The topological polar surface area (TPSA) is 38.3 Å². The highest BCUT2D eigenvalue weighted by Gasteiger charge is 2.31. The van der Waals surface area contributed by atoms with E-state index in [9.17, 15) is 18.0 Å². The van der Waals surface area contributed by atoms with Gasteiger partial charge < -0.3 is 10.1 Å². The van der Waals surface area contributed by atoms with Crippen molar-refractivity contribution in [3.8, 4) is 5.75 Å². The molecule has 0 fully saturated rings. The van der Waals surface area contributed by atoms with Crippen molar-refractivity contribution in [2.24, 2.45) is 0 Å². The van der Waals surface area contributed by atoms with Crippen LogP contribution in [0.25, 0.3) is 0 Å². The Bertz CT molecular complexity index is 756. The fourth-order valence-electron chi connectivity index (χ4n) is 3.42. The average Bonchev–Trinajstić information content (AvgIpc) is 2.61. The van der Waals surface area contributed by atoms with E-state index in [0.29, 0.717) is 18.0 Å². The summed E-state index contributed by atoms with van der Waals surface area (Å²) in [5, 5.41) is 2.84. The third kappa shape index (κ3) is 4.77. The molecule has 0 aromatic heterocycles. The summed E-state index contributed by atoms with van der Waals surface area (Å²) in [5.74, 6) is -0.205. The van der Waals surface area contributed by atoms with E-state index in [4.69, 9.17) is 0 Å². The zero-order chi connectivity index (χ0) is 18.6. The average molecular weight is 363 g/mol. The number of nitrogens with one attached hydrogen (secondary N) is 1. The van der Waals surface area contributed by atoms with E-state index in [-0.39, 0.29) is 11.7 Å². The monoisotopic (exact) mass is 363 g/mol. The maximum absolute atomic E-state index is 12.2. The maximum atomic E-state index is 12.2. The second-order valence-corrected chi connectivity index (χ2v) is 6.40. The Balaban J connectivity index is 1.52. The molecule has 0 radical (unpaired) electrons. The van der Waals surface area contributed by atoms with Gasteiger partial charge in [-0.15, -0.1) is 13.2 Å². The minimum atomic E-state index is -4.74. The highest BCUT2D eigenvalue weighted by molar-refractivity contribution is 5.94. The fraction of sp³-hybridized carbons (Fsp3) is 0.350. The number of amides is 1. The van der Waals surface area contributed by atoms with E-state index in [1.165, 1.54) is 23.3 Å². The molecule has 1 amide bonds. The molecule has 6 heteroatoms. The van der Waals surface area contributed by atoms with Gasteiger partial charge in [-0.25, -0.2) is 0 Å². The number of hydrogen-bond donors (Lipinski definition) is 1. The molecule has 1 unspecified atom stereocenters. The summed E-state index contributed by atoms with van der Waals surface area (Å²) in [5.41, 5.74) is 3.06. The molecule has 0 saturated carbocycles. The zero-order valence-corrected chi connectivity index (χ0v) is 14.2. The number of alkyl halides is 3. The van der Waals surface area contributed by atoms with Gasteiger partial charge in [-0.05, 0) is 67.0 Å². The van der Waals surface area contributed by atoms with Crippen molar-refractivity contribution in [2.45, 2.75) is 38.0 Å². The Hall–Kier alpha value is -2.50. The molecule has 0 heterocycles. The van der Waals surface area contributed by atoms with Crippen LogP contribution in [-0.2, 0) is 6.42 Å². The van der Waals surface area contributed by atoms with Gasteiger partial charge in [0.05, 0.1) is 0 Å². The number of fused-ring (bicyclic) bond motifs is 1. The summed E-state index contributed by atoms with van der Waals surface area (Å²) in [6, 6.07) is 13.3. The molecule has 0 spiro atoms. The molecule has 2 aromatic rings. The number of halogens is 3. The Labute approximate surface area is 150 Å². The van der Waals surface area contributed by atoms with Crippen LogP contribution < -0.4 is 10.1 Å². The van der Waals surface area contributed by atoms with Crippen LogP contribution in [0.4, 0.5) is 13.2 Å². The first-order valence-corrected chi connectivity index (χ1v) is 8.64. The molecule has 138 valence electrons. The second kappa shape index (κ2) is 7.81. The van der Waals surface area contributed by atoms with Crippen molar-refractivity contribution >= 4 is 5.91 Å². The van der Waals surface area contributed by atoms with Gasteiger partial charge in [0.25, 0.3) is 5.91 Å². The van der Waals surface area contributed by atoms with E-state index in [0.717, 1.165) is 37.8 Å². The highest BCUT2D eigenvalue weighted by atomic mass is 19.4. The summed E-state index contributed by atoms with van der Waals surface area (Å²) < 4.78 is 40.2. The third-order valence-corrected chi connectivity index (χ3v) is 4.62. The second-order valence-electron chi connectivity index (χ2n) is 6.40. The number of carbonyl (C=O) groups excluding carboxylic acids is 1. The van der Waals surface area contributed by atoms with Crippen molar-refractivity contribution < 1.29 is 22.7 Å². The van der Waals surface area contributed by atoms with E-state index in [1.807, 2.05) is 6.07 Å². The number of rotatable bonds is 5. The van der Waals surface area contributed by atoms with Gasteiger partial charge >= 0.3 is 6.36 Å². The van der Waals surface area contributed by atoms with Crippen LogP contribution >= 0.6 is 0 Å². The van der Waals surface area contributed by atoms with E-state index >= 15 is 0 Å². The summed E-state index contributed by atoms with van der Waals surface area (Å²) >= 11 is 0. The molecule has 3 rings (SSSR count). The predicted molar refractivity (Wildman–Crippen MR) is 92.2 cm³/mol. The van der Waals surface area contributed by atoms with E-state index in [1.54, 1.807) is 0 Å². The van der Waals surface area contributed by atoms with Gasteiger partial charge in [0, 0.05) is 12.1 Å². The first kappa shape index (κ1) is 18.3. The Morgan fingerprint density at radius 2 is 1.85 bits per heavy atom. The van der Waals surface area contributed by atoms with Gasteiger partial charge in [-0.3, -0.25) is 4.79 Å². The van der Waals surface area contributed by atoms with Crippen LogP contribution in [0.1, 0.15) is 46.7 Å². The summed E-state index contributed by atoms with van der Waals surface area (Å²) in [6.07, 6.45) is -0.532. The maximum Gasteiger partial charge on any atom is 0.573 e. The smallest absolute Gasteiger partial charge is 0.406 e. The van der Waals surface area contributed by atoms with Crippen molar-refractivity contribution in [3.63, 3.8) is 0 Å². The van der Waals surface area contributed by atoms with Crippen LogP contribution in [0.2, 0.25) is 0 Å². The standard InChI is InChI=1S/C20H20F3NO2/c21-20(22,23)26-17-10-8-16(9-11-17)19(25)24-13-12-15-6-3-5-14-4-1-2-7-18(14)15/h1-2,4,7-11,15H,3,5-6,12-13H2,(H,24,25). The molecule has 3 nitrogen and oxygen atoms in total. The van der Waals surface area contributed by atoms with Crippen molar-refractivity contribution in [2.75, 3.05) is 6.54 Å². The van der Waals surface area contributed by atoms with Crippen LogP contribution in [0.3, 0.4) is 0 Å². The van der Waals surface area contributed by atoms with Crippen molar-refractivity contribution in [1.29, 1.82) is 0 Å². The number of aryl methyl sites for hydroxylation is 1. The third-order valence-electron chi connectivity index (χ3n) is 4.62. The summed E-state index contributed by atoms with van der Waals surface area (Å²) in [4.78, 5) is 12.2. The Morgan fingerprint density at radius 1 is 1.12 bits per heavy atom. The molecule has 1 atom stereocenters. The predicted octanol–water partition coefficient (Wildman–Crippen LogP) is 4.83. The van der Waals surface area contributed by atoms with Gasteiger partial charge in [-0.1, -0.05) is 24.3 Å². The molecule has 1 aliphatic rings. The molecule has 0 saturated heterocycles. The number of ether oxygens (including phenoxy) is 1. The van der Waals surface area contributed by atoms with E-state index in [2.05, 4.69) is 28.3 Å². The molecule has 1 aliphatic carbocycles. The number of hydrogen-bond acceptors (Lipinski definition) is 2. The molecule has 0 bridgehead atoms. The van der Waals surface area contributed by atoms with Crippen LogP contribution in [0, 0.1) is 0 Å². The minimum absolute atomic E-state index is 0.298. The zero-order valence-electron chi connectivity index (χ0n) is 14.2. The lowest BCUT2D eigenvalue weighted by Gasteiger charge is -2.25. The number of carbonyl (C=O) groups is 1. The molecule has 0 aliphatic heterocycles. The van der Waals surface area contributed by atoms with Crippen LogP contribution in [-0.4, -0.2) is 18.8 Å². The largest absolute Gasteiger partial charge is 0.573 e. The minimum Gasteiger partial charge on any atom is -0.406 e. The lowest BCUT2D eigenvalue weighted by atomic mass is 9.81. The fourth-order valence-corrected chi connectivity index (χ4v) is 3.42. The summed E-state index contributed by atoms with van der Waals surface area (Å²) in [7, 11) is 0. The van der Waals surface area contributed by atoms with Gasteiger partial charge in [-0.2, -0.15) is 0 Å². The quantitative estimate of drug-likeness (QED) is 0.827. The lowest BCUT2D eigenvalue weighted by Crippen LogP contribution is -2.26. The van der Waals surface area contributed by atoms with Crippen molar-refractivity contribution in [1.82, 2.24) is 5.32 Å². The highest BCUT2D eigenvalue weighted by Crippen LogP contribution is 2.33. The molecule has 1 N–H and O–H groups in total. The Kier molecular flexibility index (Phi) is 5.49. The van der Waals surface area contributed by atoms with E-state index < -0.39 is 6.36 Å². The lowest BCUT2D eigenvalue weighted by molar-refractivity contribution is -0.274. The first-order chi connectivity index (χ1) is 12.4. The van der Waals surface area contributed by atoms with Gasteiger partial charge in [0.15, 0.2) is 0 Å². The molecule has 2 aromatic carbocycles. The number of benzene rings is 2. The molecule has 26 heavy (non-hydrogen) atoms. The SMILES string of the molecule is O=C(NCCC1CCCc2ccccc21)c1ccc(OC(F)(F)F)cc1. The normalized spacial score (nSPS) is 16.7. The van der Waals surface area contributed by atoms with Crippen LogP contribution in [0.15, 0.2) is 48.5 Å².